The molecule has 0 radical (unpaired) electrons. The van der Waals surface area contributed by atoms with Crippen molar-refractivity contribution >= 4 is 17.5 Å². The Bertz CT molecular complexity index is 994. The maximum atomic E-state index is 12.8. The van der Waals surface area contributed by atoms with Crippen LogP contribution in [0.15, 0.2) is 42.6 Å². The van der Waals surface area contributed by atoms with Crippen molar-refractivity contribution in [3.05, 3.63) is 59.5 Å². The largest absolute Gasteiger partial charge is 0.508 e. The third kappa shape index (κ3) is 3.55. The van der Waals surface area contributed by atoms with Crippen LogP contribution in [-0.4, -0.2) is 38.1 Å². The van der Waals surface area contributed by atoms with E-state index in [1.807, 2.05) is 6.92 Å². The van der Waals surface area contributed by atoms with E-state index in [2.05, 4.69) is 10.3 Å². The SMILES string of the molecule is CCOc1cccn2c(C(=O)N[C@H](C(=O)O)c3ccc(O)cc3)c(C)nc12. The molecule has 0 spiro atoms. The van der Waals surface area contributed by atoms with Gasteiger partial charge in [-0.3, -0.25) is 9.20 Å². The molecule has 8 nitrogen and oxygen atoms in total. The lowest BCUT2D eigenvalue weighted by Crippen LogP contribution is -2.34. The van der Waals surface area contributed by atoms with Crippen molar-refractivity contribution in [3.8, 4) is 11.5 Å². The Kier molecular flexibility index (Phi) is 4.98. The number of amides is 1. The summed E-state index contributed by atoms with van der Waals surface area (Å²) in [4.78, 5) is 28.9. The van der Waals surface area contributed by atoms with E-state index in [4.69, 9.17) is 4.74 Å². The molecular formula is C19H19N3O5. The van der Waals surface area contributed by atoms with Crippen LogP contribution < -0.4 is 10.1 Å². The van der Waals surface area contributed by atoms with Crippen molar-refractivity contribution in [1.82, 2.24) is 14.7 Å². The van der Waals surface area contributed by atoms with Crippen LogP contribution in [0.5, 0.6) is 11.5 Å². The van der Waals surface area contributed by atoms with Crippen LogP contribution in [0.2, 0.25) is 0 Å². The summed E-state index contributed by atoms with van der Waals surface area (Å²) in [5.41, 5.74) is 1.51. The van der Waals surface area contributed by atoms with Gasteiger partial charge in [-0.1, -0.05) is 12.1 Å². The van der Waals surface area contributed by atoms with Crippen LogP contribution in [0.25, 0.3) is 5.65 Å². The molecule has 0 aliphatic rings. The number of carboxylic acids is 1. The van der Waals surface area contributed by atoms with Crippen LogP contribution >= 0.6 is 0 Å². The molecule has 27 heavy (non-hydrogen) atoms. The Balaban J connectivity index is 1.97. The third-order valence-electron chi connectivity index (χ3n) is 4.05. The van der Waals surface area contributed by atoms with Crippen molar-refractivity contribution in [2.75, 3.05) is 6.61 Å². The number of aryl methyl sites for hydroxylation is 1. The van der Waals surface area contributed by atoms with Gasteiger partial charge in [0, 0.05) is 6.20 Å². The van der Waals surface area contributed by atoms with Gasteiger partial charge in [0.1, 0.15) is 11.4 Å². The molecule has 0 saturated heterocycles. The van der Waals surface area contributed by atoms with Gasteiger partial charge < -0.3 is 20.3 Å². The number of carboxylic acid groups (broad SMARTS) is 1. The van der Waals surface area contributed by atoms with E-state index in [0.717, 1.165) is 0 Å². The molecule has 3 N–H and O–H groups in total. The van der Waals surface area contributed by atoms with Gasteiger partial charge >= 0.3 is 5.97 Å². The smallest absolute Gasteiger partial charge is 0.330 e. The zero-order chi connectivity index (χ0) is 19.6. The molecule has 8 heteroatoms. The maximum absolute atomic E-state index is 12.8. The maximum Gasteiger partial charge on any atom is 0.330 e. The number of hydrogen-bond donors (Lipinski definition) is 3. The zero-order valence-electron chi connectivity index (χ0n) is 14.8. The lowest BCUT2D eigenvalue weighted by Gasteiger charge is -2.15. The number of rotatable bonds is 6. The van der Waals surface area contributed by atoms with Gasteiger partial charge in [0.25, 0.3) is 5.91 Å². The number of aromatic nitrogens is 2. The Morgan fingerprint density at radius 3 is 2.59 bits per heavy atom. The van der Waals surface area contributed by atoms with Crippen LogP contribution in [0.4, 0.5) is 0 Å². The molecule has 1 amide bonds. The molecule has 0 aliphatic carbocycles. The molecule has 1 atom stereocenters. The van der Waals surface area contributed by atoms with Gasteiger partial charge in [-0.25, -0.2) is 9.78 Å². The van der Waals surface area contributed by atoms with Crippen LogP contribution in [0.1, 0.15) is 34.7 Å². The fourth-order valence-corrected chi connectivity index (χ4v) is 2.85. The predicted molar refractivity (Wildman–Crippen MR) is 97.0 cm³/mol. The topological polar surface area (TPSA) is 113 Å². The molecule has 1 aromatic carbocycles. The Morgan fingerprint density at radius 2 is 1.96 bits per heavy atom. The minimum absolute atomic E-state index is 0.00953. The average molecular weight is 369 g/mol. The summed E-state index contributed by atoms with van der Waals surface area (Å²) in [6.45, 7) is 3.98. The summed E-state index contributed by atoms with van der Waals surface area (Å²) in [5, 5.41) is 21.4. The number of aliphatic carboxylic acids is 1. The number of phenolic OH excluding ortho intramolecular Hbond substituents is 1. The molecule has 0 aliphatic heterocycles. The molecule has 0 saturated carbocycles. The first-order chi connectivity index (χ1) is 12.9. The molecule has 3 rings (SSSR count). The van der Waals surface area contributed by atoms with Gasteiger partial charge in [0.2, 0.25) is 0 Å². The molecule has 2 aromatic heterocycles. The Hall–Kier alpha value is -3.55. The number of nitrogens with one attached hydrogen (secondary N) is 1. The van der Waals surface area contributed by atoms with Crippen molar-refractivity contribution < 1.29 is 24.5 Å². The Morgan fingerprint density at radius 1 is 1.26 bits per heavy atom. The second-order valence-electron chi connectivity index (χ2n) is 5.88. The summed E-state index contributed by atoms with van der Waals surface area (Å²) >= 11 is 0. The van der Waals surface area contributed by atoms with Crippen molar-refractivity contribution in [1.29, 1.82) is 0 Å². The molecule has 0 bridgehead atoms. The number of hydrogen-bond acceptors (Lipinski definition) is 5. The number of aromatic hydroxyl groups is 1. The number of nitrogens with zero attached hydrogens (tertiary/aromatic N) is 2. The van der Waals surface area contributed by atoms with E-state index in [9.17, 15) is 19.8 Å². The highest BCUT2D eigenvalue weighted by molar-refractivity contribution is 5.97. The first kappa shape index (κ1) is 18.2. The van der Waals surface area contributed by atoms with E-state index in [-0.39, 0.29) is 11.4 Å². The van der Waals surface area contributed by atoms with Crippen LogP contribution in [0.3, 0.4) is 0 Å². The normalized spacial score (nSPS) is 11.9. The first-order valence-electron chi connectivity index (χ1n) is 8.35. The van der Waals surface area contributed by atoms with Crippen LogP contribution in [0, 0.1) is 6.92 Å². The van der Waals surface area contributed by atoms with E-state index in [1.54, 1.807) is 29.7 Å². The highest BCUT2D eigenvalue weighted by Crippen LogP contribution is 2.23. The van der Waals surface area contributed by atoms with Gasteiger partial charge in [-0.05, 0) is 43.7 Å². The molecule has 0 fully saturated rings. The summed E-state index contributed by atoms with van der Waals surface area (Å²) in [5.74, 6) is -1.24. The predicted octanol–water partition coefficient (Wildman–Crippen LogP) is 2.30. The number of carbonyl (C=O) groups excluding carboxylic acids is 1. The monoisotopic (exact) mass is 369 g/mol. The standard InChI is InChI=1S/C19H19N3O5/c1-3-27-14-5-4-10-22-16(11(2)20-17(14)22)18(24)21-15(19(25)26)12-6-8-13(23)9-7-12/h4-10,15,23H,3H2,1-2H3,(H,21,24)(H,25,26)/t15-/m0/s1. The number of ether oxygens (including phenoxy) is 1. The van der Waals surface area contributed by atoms with Crippen molar-refractivity contribution in [2.45, 2.75) is 19.9 Å². The van der Waals surface area contributed by atoms with Gasteiger partial charge in [0.15, 0.2) is 17.4 Å². The number of imidazole rings is 1. The third-order valence-corrected chi connectivity index (χ3v) is 4.05. The molecular weight excluding hydrogens is 350 g/mol. The molecule has 3 aromatic rings. The number of benzene rings is 1. The lowest BCUT2D eigenvalue weighted by molar-refractivity contribution is -0.139. The molecule has 2 heterocycles. The number of pyridine rings is 1. The molecule has 140 valence electrons. The highest BCUT2D eigenvalue weighted by Gasteiger charge is 2.26. The summed E-state index contributed by atoms with van der Waals surface area (Å²) in [7, 11) is 0. The summed E-state index contributed by atoms with van der Waals surface area (Å²) in [6, 6.07) is 7.84. The first-order valence-corrected chi connectivity index (χ1v) is 8.35. The number of fused-ring (bicyclic) bond motifs is 1. The second-order valence-corrected chi connectivity index (χ2v) is 5.88. The fraction of sp³-hybridized carbons (Fsp3) is 0.211. The minimum atomic E-state index is -1.27. The summed E-state index contributed by atoms with van der Waals surface area (Å²) in [6.07, 6.45) is 1.67. The second kappa shape index (κ2) is 7.36. The highest BCUT2D eigenvalue weighted by atomic mass is 16.5. The summed E-state index contributed by atoms with van der Waals surface area (Å²) < 4.78 is 7.11. The quantitative estimate of drug-likeness (QED) is 0.614. The minimum Gasteiger partial charge on any atom is -0.508 e. The van der Waals surface area contributed by atoms with Gasteiger partial charge in [-0.2, -0.15) is 0 Å². The number of phenols is 1. The fourth-order valence-electron chi connectivity index (χ4n) is 2.85. The van der Waals surface area contributed by atoms with Gasteiger partial charge in [0.05, 0.1) is 12.3 Å². The number of carbonyl (C=O) groups is 2. The van der Waals surface area contributed by atoms with Crippen molar-refractivity contribution in [3.63, 3.8) is 0 Å². The lowest BCUT2D eigenvalue weighted by atomic mass is 10.1. The van der Waals surface area contributed by atoms with E-state index >= 15 is 0 Å². The molecule has 0 unspecified atom stereocenters. The van der Waals surface area contributed by atoms with Crippen LogP contribution in [-0.2, 0) is 4.79 Å². The van der Waals surface area contributed by atoms with E-state index in [1.165, 1.54) is 24.3 Å². The van der Waals surface area contributed by atoms with E-state index in [0.29, 0.717) is 29.3 Å². The van der Waals surface area contributed by atoms with E-state index < -0.39 is 17.9 Å². The van der Waals surface area contributed by atoms with Gasteiger partial charge in [-0.15, -0.1) is 0 Å². The van der Waals surface area contributed by atoms with Crippen molar-refractivity contribution in [2.24, 2.45) is 0 Å². The zero-order valence-corrected chi connectivity index (χ0v) is 14.8. The average Bonchev–Trinajstić information content (AvgIpc) is 2.97. The Labute approximate surface area is 155 Å².